The number of phenolic OH excluding ortho intramolecular Hbond substituents is 1. The number of hydrogen-bond acceptors (Lipinski definition) is 3. The quantitative estimate of drug-likeness (QED) is 0.819. The van der Waals surface area contributed by atoms with Gasteiger partial charge in [0, 0.05) is 12.6 Å². The Bertz CT molecular complexity index is 591. The summed E-state index contributed by atoms with van der Waals surface area (Å²) in [6.45, 7) is 0. The van der Waals surface area contributed by atoms with Crippen molar-refractivity contribution in [2.45, 2.75) is 12.5 Å². The first kappa shape index (κ1) is 13.8. The monoisotopic (exact) mass is 269 g/mol. The number of carboxylic acid groups (broad SMARTS) is 1. The van der Waals surface area contributed by atoms with Crippen LogP contribution in [0.4, 0.5) is 0 Å². The highest BCUT2D eigenvalue weighted by Crippen LogP contribution is 2.10. The first-order chi connectivity index (χ1) is 9.65. The van der Waals surface area contributed by atoms with Gasteiger partial charge >= 0.3 is 5.97 Å². The van der Waals surface area contributed by atoms with Crippen LogP contribution in [0.5, 0.6) is 5.75 Å². The molecule has 2 aromatic rings. The van der Waals surface area contributed by atoms with Gasteiger partial charge in [-0.1, -0.05) is 30.3 Å². The van der Waals surface area contributed by atoms with E-state index in [1.165, 1.54) is 18.3 Å². The average molecular weight is 269 g/mol. The van der Waals surface area contributed by atoms with Gasteiger partial charge in [-0.3, -0.25) is 4.99 Å². The zero-order chi connectivity index (χ0) is 14.4. The Morgan fingerprint density at radius 1 is 1.10 bits per heavy atom. The van der Waals surface area contributed by atoms with Gasteiger partial charge in [0.05, 0.1) is 0 Å². The van der Waals surface area contributed by atoms with Crippen molar-refractivity contribution in [1.29, 1.82) is 0 Å². The molecule has 4 nitrogen and oxygen atoms in total. The molecule has 0 aliphatic rings. The molecule has 0 fully saturated rings. The number of carbonyl (C=O) groups is 1. The standard InChI is InChI=1S/C16H15NO3/c18-14-8-6-13(7-9-14)11-17-15(16(19)20)10-12-4-2-1-3-5-12/h1-9,11,15,18H,10H2,(H,19,20)/t15-/m0/s1. The minimum absolute atomic E-state index is 0.168. The summed E-state index contributed by atoms with van der Waals surface area (Å²) in [5.74, 6) is -0.787. The molecular formula is C16H15NO3. The molecule has 0 saturated heterocycles. The van der Waals surface area contributed by atoms with Gasteiger partial charge in [0.2, 0.25) is 0 Å². The highest BCUT2D eigenvalue weighted by Gasteiger charge is 2.15. The number of benzene rings is 2. The number of carboxylic acids is 1. The van der Waals surface area contributed by atoms with Crippen LogP contribution in [0.1, 0.15) is 11.1 Å². The summed E-state index contributed by atoms with van der Waals surface area (Å²) in [4.78, 5) is 15.3. The molecule has 0 bridgehead atoms. The third-order valence-corrected chi connectivity index (χ3v) is 2.85. The summed E-state index contributed by atoms with van der Waals surface area (Å²) < 4.78 is 0. The zero-order valence-corrected chi connectivity index (χ0v) is 10.8. The van der Waals surface area contributed by atoms with Crippen molar-refractivity contribution >= 4 is 12.2 Å². The SMILES string of the molecule is O=C(O)[C@H](Cc1ccccc1)N=Cc1ccc(O)cc1. The average Bonchev–Trinajstić information content (AvgIpc) is 2.46. The lowest BCUT2D eigenvalue weighted by atomic mass is 10.1. The molecule has 0 aliphatic heterocycles. The summed E-state index contributed by atoms with van der Waals surface area (Å²) in [7, 11) is 0. The van der Waals surface area contributed by atoms with Crippen molar-refractivity contribution in [2.24, 2.45) is 4.99 Å². The third-order valence-electron chi connectivity index (χ3n) is 2.85. The van der Waals surface area contributed by atoms with Crippen molar-refractivity contribution in [1.82, 2.24) is 0 Å². The van der Waals surface area contributed by atoms with E-state index >= 15 is 0 Å². The van der Waals surface area contributed by atoms with E-state index in [-0.39, 0.29) is 5.75 Å². The first-order valence-corrected chi connectivity index (χ1v) is 6.24. The molecule has 0 saturated carbocycles. The summed E-state index contributed by atoms with van der Waals surface area (Å²) in [6.07, 6.45) is 1.87. The fraction of sp³-hybridized carbons (Fsp3) is 0.125. The molecule has 2 aromatic carbocycles. The van der Waals surface area contributed by atoms with Crippen molar-refractivity contribution in [2.75, 3.05) is 0 Å². The molecule has 0 spiro atoms. The van der Waals surface area contributed by atoms with Gasteiger partial charge in [-0.2, -0.15) is 0 Å². The summed E-state index contributed by atoms with van der Waals surface area (Å²) >= 11 is 0. The van der Waals surface area contributed by atoms with Crippen LogP contribution in [0.15, 0.2) is 59.6 Å². The molecule has 0 aliphatic carbocycles. The van der Waals surface area contributed by atoms with Crippen molar-refractivity contribution in [3.63, 3.8) is 0 Å². The van der Waals surface area contributed by atoms with Gasteiger partial charge < -0.3 is 10.2 Å². The summed E-state index contributed by atoms with van der Waals surface area (Å²) in [5.41, 5.74) is 1.69. The number of aliphatic carboxylic acids is 1. The number of phenols is 1. The molecule has 102 valence electrons. The van der Waals surface area contributed by atoms with E-state index in [9.17, 15) is 15.0 Å². The Morgan fingerprint density at radius 2 is 1.75 bits per heavy atom. The van der Waals surface area contributed by atoms with Crippen LogP contribution in [-0.2, 0) is 11.2 Å². The van der Waals surface area contributed by atoms with Crippen LogP contribution in [0, 0.1) is 0 Å². The highest BCUT2D eigenvalue weighted by molar-refractivity contribution is 5.83. The number of aliphatic imine (C=N–C) groups is 1. The maximum Gasteiger partial charge on any atom is 0.328 e. The molecule has 0 aromatic heterocycles. The van der Waals surface area contributed by atoms with Crippen molar-refractivity contribution < 1.29 is 15.0 Å². The van der Waals surface area contributed by atoms with E-state index in [0.717, 1.165) is 11.1 Å². The predicted octanol–water partition coefficient (Wildman–Crippen LogP) is 2.51. The molecule has 0 unspecified atom stereocenters. The second-order valence-corrected chi connectivity index (χ2v) is 4.41. The van der Waals surface area contributed by atoms with Crippen LogP contribution in [0.25, 0.3) is 0 Å². The van der Waals surface area contributed by atoms with E-state index < -0.39 is 12.0 Å². The Hall–Kier alpha value is -2.62. The maximum absolute atomic E-state index is 11.2. The molecule has 2 N–H and O–H groups in total. The zero-order valence-electron chi connectivity index (χ0n) is 10.8. The lowest BCUT2D eigenvalue weighted by Crippen LogP contribution is -2.20. The van der Waals surface area contributed by atoms with Gasteiger partial charge in [-0.15, -0.1) is 0 Å². The lowest BCUT2D eigenvalue weighted by Gasteiger charge is -2.07. The van der Waals surface area contributed by atoms with Gasteiger partial charge in [-0.25, -0.2) is 4.79 Å². The smallest absolute Gasteiger partial charge is 0.328 e. The Labute approximate surface area is 117 Å². The Balaban J connectivity index is 2.09. The molecule has 1 atom stereocenters. The second kappa shape index (κ2) is 6.52. The van der Waals surface area contributed by atoms with Gasteiger partial charge in [0.15, 0.2) is 6.04 Å². The number of rotatable bonds is 5. The fourth-order valence-corrected chi connectivity index (χ4v) is 1.78. The molecule has 4 heteroatoms. The first-order valence-electron chi connectivity index (χ1n) is 6.24. The molecular weight excluding hydrogens is 254 g/mol. The topological polar surface area (TPSA) is 69.9 Å². The van der Waals surface area contributed by atoms with Crippen LogP contribution in [0.2, 0.25) is 0 Å². The van der Waals surface area contributed by atoms with Gasteiger partial charge in [0.1, 0.15) is 5.75 Å². The largest absolute Gasteiger partial charge is 0.508 e. The molecule has 0 heterocycles. The minimum atomic E-state index is -0.955. The van der Waals surface area contributed by atoms with E-state index in [4.69, 9.17) is 0 Å². The van der Waals surface area contributed by atoms with Crippen LogP contribution in [-0.4, -0.2) is 28.4 Å². The molecule has 20 heavy (non-hydrogen) atoms. The molecule has 0 radical (unpaired) electrons. The second-order valence-electron chi connectivity index (χ2n) is 4.41. The normalized spacial score (nSPS) is 12.4. The lowest BCUT2D eigenvalue weighted by molar-refractivity contribution is -0.138. The fourth-order valence-electron chi connectivity index (χ4n) is 1.78. The predicted molar refractivity (Wildman–Crippen MR) is 77.3 cm³/mol. The van der Waals surface area contributed by atoms with E-state index in [2.05, 4.69) is 4.99 Å². The summed E-state index contributed by atoms with van der Waals surface area (Å²) in [6, 6.07) is 15.0. The van der Waals surface area contributed by atoms with E-state index in [1.54, 1.807) is 12.1 Å². The number of hydrogen-bond donors (Lipinski definition) is 2. The minimum Gasteiger partial charge on any atom is -0.508 e. The third kappa shape index (κ3) is 3.95. The van der Waals surface area contributed by atoms with Crippen LogP contribution >= 0.6 is 0 Å². The van der Waals surface area contributed by atoms with Gasteiger partial charge in [-0.05, 0) is 35.4 Å². The van der Waals surface area contributed by atoms with Crippen LogP contribution < -0.4 is 0 Å². The maximum atomic E-state index is 11.2. The van der Waals surface area contributed by atoms with Crippen LogP contribution in [0.3, 0.4) is 0 Å². The molecule has 0 amide bonds. The summed E-state index contributed by atoms with van der Waals surface area (Å²) in [5, 5.41) is 18.4. The Morgan fingerprint density at radius 3 is 2.35 bits per heavy atom. The van der Waals surface area contributed by atoms with Gasteiger partial charge in [0.25, 0.3) is 0 Å². The number of nitrogens with zero attached hydrogens (tertiary/aromatic N) is 1. The van der Waals surface area contributed by atoms with E-state index in [0.29, 0.717) is 6.42 Å². The highest BCUT2D eigenvalue weighted by atomic mass is 16.4. The van der Waals surface area contributed by atoms with Crippen molar-refractivity contribution in [3.05, 3.63) is 65.7 Å². The Kier molecular flexibility index (Phi) is 4.50. The molecule has 2 rings (SSSR count). The van der Waals surface area contributed by atoms with E-state index in [1.807, 2.05) is 30.3 Å². The van der Waals surface area contributed by atoms with Crippen molar-refractivity contribution in [3.8, 4) is 5.75 Å². The number of aromatic hydroxyl groups is 1.